The smallest absolute Gasteiger partial charge is 0.171 e. The number of halogens is 3. The molecule has 2 rings (SSSR count). The van der Waals surface area contributed by atoms with Gasteiger partial charge in [0.2, 0.25) is 0 Å². The van der Waals surface area contributed by atoms with Gasteiger partial charge in [-0.15, -0.1) is 0 Å². The van der Waals surface area contributed by atoms with Crippen molar-refractivity contribution in [1.29, 1.82) is 0 Å². The molecule has 1 fully saturated rings. The highest BCUT2D eigenvalue weighted by Gasteiger charge is 2.32. The molecular formula is C13H14ClF2NO. The zero-order valence-corrected chi connectivity index (χ0v) is 10.7. The largest absolute Gasteiger partial charge is 0.316 e. The van der Waals surface area contributed by atoms with Gasteiger partial charge in [-0.2, -0.15) is 0 Å². The van der Waals surface area contributed by atoms with E-state index in [1.807, 2.05) is 6.92 Å². The first-order valence-corrected chi connectivity index (χ1v) is 6.28. The Kier molecular flexibility index (Phi) is 3.97. The molecule has 1 aromatic carbocycles. The van der Waals surface area contributed by atoms with Gasteiger partial charge in [0.25, 0.3) is 0 Å². The van der Waals surface area contributed by atoms with Crippen molar-refractivity contribution in [3.63, 3.8) is 0 Å². The third-order valence-electron chi connectivity index (χ3n) is 3.41. The molecule has 2 unspecified atom stereocenters. The minimum atomic E-state index is -1.14. The number of hydrogen-bond donors (Lipinski definition) is 1. The number of nitrogens with one attached hydrogen (secondary N) is 1. The van der Waals surface area contributed by atoms with Gasteiger partial charge in [-0.3, -0.25) is 4.79 Å². The normalized spacial score (nSPS) is 24.0. The maximum absolute atomic E-state index is 13.7. The van der Waals surface area contributed by atoms with Crippen LogP contribution in [0.1, 0.15) is 23.7 Å². The molecule has 1 saturated heterocycles. The topological polar surface area (TPSA) is 29.1 Å². The van der Waals surface area contributed by atoms with Crippen LogP contribution in [0.25, 0.3) is 0 Å². The predicted molar refractivity (Wildman–Crippen MR) is 65.8 cm³/mol. The molecule has 2 atom stereocenters. The number of carbonyl (C=O) groups excluding carboxylic acids is 1. The van der Waals surface area contributed by atoms with Crippen LogP contribution in [0, 0.1) is 23.5 Å². The number of benzene rings is 1. The van der Waals surface area contributed by atoms with E-state index in [4.69, 9.17) is 11.6 Å². The molecule has 1 aliphatic rings. The Morgan fingerprint density at radius 3 is 2.83 bits per heavy atom. The summed E-state index contributed by atoms with van der Waals surface area (Å²) < 4.78 is 26.9. The van der Waals surface area contributed by atoms with E-state index in [9.17, 15) is 13.6 Å². The van der Waals surface area contributed by atoms with E-state index in [2.05, 4.69) is 5.32 Å². The summed E-state index contributed by atoms with van der Waals surface area (Å²) in [4.78, 5) is 12.3. The Morgan fingerprint density at radius 1 is 1.44 bits per heavy atom. The van der Waals surface area contributed by atoms with Crippen molar-refractivity contribution in [2.75, 3.05) is 13.1 Å². The first kappa shape index (κ1) is 13.4. The van der Waals surface area contributed by atoms with E-state index in [0.717, 1.165) is 6.07 Å². The molecule has 1 N–H and O–H groups in total. The first-order valence-electron chi connectivity index (χ1n) is 5.90. The van der Waals surface area contributed by atoms with Crippen molar-refractivity contribution in [3.8, 4) is 0 Å². The molecule has 2 nitrogen and oxygen atoms in total. The molecule has 5 heteroatoms. The Balaban J connectivity index is 2.36. The maximum atomic E-state index is 13.7. The van der Waals surface area contributed by atoms with Gasteiger partial charge in [-0.05, 0) is 37.6 Å². The molecule has 1 aromatic rings. The number of hydrogen-bond acceptors (Lipinski definition) is 2. The molecular weight excluding hydrogens is 260 g/mol. The summed E-state index contributed by atoms with van der Waals surface area (Å²) in [6, 6.07) is 2.15. The molecule has 0 radical (unpaired) electrons. The number of rotatable bonds is 2. The summed E-state index contributed by atoms with van der Waals surface area (Å²) in [5.41, 5.74) is -0.310. The third kappa shape index (κ3) is 2.40. The lowest BCUT2D eigenvalue weighted by molar-refractivity contribution is 0.0843. The molecule has 0 amide bonds. The number of Topliss-reactive ketones (excluding diaryl/α,β-unsaturated/α-hetero) is 1. The number of carbonyl (C=O) groups is 1. The van der Waals surface area contributed by atoms with Crippen LogP contribution in [0.15, 0.2) is 12.1 Å². The summed E-state index contributed by atoms with van der Waals surface area (Å²) >= 11 is 5.82. The molecule has 18 heavy (non-hydrogen) atoms. The van der Waals surface area contributed by atoms with Crippen LogP contribution >= 0.6 is 11.6 Å². The molecule has 0 spiro atoms. The quantitative estimate of drug-likeness (QED) is 0.663. The van der Waals surface area contributed by atoms with Gasteiger partial charge < -0.3 is 5.32 Å². The van der Waals surface area contributed by atoms with Crippen LogP contribution in [-0.2, 0) is 0 Å². The maximum Gasteiger partial charge on any atom is 0.171 e. The Morgan fingerprint density at radius 2 is 2.17 bits per heavy atom. The number of ketones is 1. The highest BCUT2D eigenvalue weighted by molar-refractivity contribution is 6.34. The second kappa shape index (κ2) is 5.33. The summed E-state index contributed by atoms with van der Waals surface area (Å²) in [6.45, 7) is 3.32. The fraction of sp³-hybridized carbons (Fsp3) is 0.462. The molecule has 98 valence electrons. The van der Waals surface area contributed by atoms with Crippen molar-refractivity contribution >= 4 is 17.4 Å². The monoisotopic (exact) mass is 273 g/mol. The Labute approximate surface area is 109 Å². The fourth-order valence-corrected chi connectivity index (χ4v) is 2.58. The Hall–Kier alpha value is -1.00. The van der Waals surface area contributed by atoms with Gasteiger partial charge >= 0.3 is 0 Å². The fourth-order valence-electron chi connectivity index (χ4n) is 2.34. The predicted octanol–water partition coefficient (Wildman–Crippen LogP) is 3.05. The van der Waals surface area contributed by atoms with Crippen LogP contribution in [0.4, 0.5) is 8.78 Å². The molecule has 0 bridgehead atoms. The van der Waals surface area contributed by atoms with Crippen LogP contribution in [0.5, 0.6) is 0 Å². The minimum Gasteiger partial charge on any atom is -0.316 e. The second-order valence-electron chi connectivity index (χ2n) is 4.66. The summed E-state index contributed by atoms with van der Waals surface area (Å²) in [7, 11) is 0. The SMILES string of the molecule is CC1CNCCC1C(=O)c1c(Cl)ccc(F)c1F. The molecule has 0 aromatic heterocycles. The van der Waals surface area contributed by atoms with Gasteiger partial charge in [0.15, 0.2) is 17.4 Å². The Bertz CT molecular complexity index is 478. The van der Waals surface area contributed by atoms with Gasteiger partial charge in [0.1, 0.15) is 0 Å². The van der Waals surface area contributed by atoms with Crippen molar-refractivity contribution in [2.45, 2.75) is 13.3 Å². The van der Waals surface area contributed by atoms with Crippen LogP contribution in [-0.4, -0.2) is 18.9 Å². The van der Waals surface area contributed by atoms with E-state index in [-0.39, 0.29) is 22.4 Å². The van der Waals surface area contributed by atoms with E-state index < -0.39 is 17.4 Å². The molecule has 0 aliphatic carbocycles. The average molecular weight is 274 g/mol. The highest BCUT2D eigenvalue weighted by Crippen LogP contribution is 2.29. The first-order chi connectivity index (χ1) is 8.52. The standard InChI is InChI=1S/C13H14ClF2NO/c1-7-6-17-5-4-8(7)13(18)11-9(14)2-3-10(15)12(11)16/h2-3,7-8,17H,4-6H2,1H3. The van der Waals surface area contributed by atoms with E-state index in [1.165, 1.54) is 6.07 Å². The molecule has 0 saturated carbocycles. The van der Waals surface area contributed by atoms with Gasteiger partial charge in [0, 0.05) is 5.92 Å². The summed E-state index contributed by atoms with van der Waals surface area (Å²) in [6.07, 6.45) is 0.617. The van der Waals surface area contributed by atoms with Crippen molar-refractivity contribution in [2.24, 2.45) is 11.8 Å². The summed E-state index contributed by atoms with van der Waals surface area (Å²) in [5.74, 6) is -2.79. The van der Waals surface area contributed by atoms with E-state index in [1.54, 1.807) is 0 Å². The lowest BCUT2D eigenvalue weighted by Crippen LogP contribution is -2.39. The second-order valence-corrected chi connectivity index (χ2v) is 5.07. The third-order valence-corrected chi connectivity index (χ3v) is 3.73. The summed E-state index contributed by atoms with van der Waals surface area (Å²) in [5, 5.41) is 3.13. The van der Waals surface area contributed by atoms with Gasteiger partial charge in [0.05, 0.1) is 10.6 Å². The van der Waals surface area contributed by atoms with E-state index >= 15 is 0 Å². The van der Waals surface area contributed by atoms with Crippen molar-refractivity contribution in [1.82, 2.24) is 5.32 Å². The van der Waals surface area contributed by atoms with Crippen LogP contribution < -0.4 is 5.32 Å². The van der Waals surface area contributed by atoms with Gasteiger partial charge in [-0.25, -0.2) is 8.78 Å². The van der Waals surface area contributed by atoms with E-state index in [0.29, 0.717) is 19.5 Å². The average Bonchev–Trinajstić information content (AvgIpc) is 2.35. The van der Waals surface area contributed by atoms with Crippen LogP contribution in [0.3, 0.4) is 0 Å². The van der Waals surface area contributed by atoms with Crippen molar-refractivity contribution in [3.05, 3.63) is 34.4 Å². The lowest BCUT2D eigenvalue weighted by atomic mass is 9.82. The molecule has 1 heterocycles. The zero-order chi connectivity index (χ0) is 13.3. The van der Waals surface area contributed by atoms with Crippen molar-refractivity contribution < 1.29 is 13.6 Å². The van der Waals surface area contributed by atoms with Gasteiger partial charge in [-0.1, -0.05) is 18.5 Å². The lowest BCUT2D eigenvalue weighted by Gasteiger charge is -2.28. The zero-order valence-electron chi connectivity index (χ0n) is 9.97. The highest BCUT2D eigenvalue weighted by atomic mass is 35.5. The minimum absolute atomic E-state index is 0.0235. The van der Waals surface area contributed by atoms with Crippen LogP contribution in [0.2, 0.25) is 5.02 Å². The molecule has 1 aliphatic heterocycles. The number of piperidine rings is 1.